The fraction of sp³-hybridized carbons (Fsp3) is 0.556. The maximum atomic E-state index is 11.9. The molecule has 1 rings (SSSR count). The molecule has 0 bridgehead atoms. The Kier molecular flexibility index (Phi) is 6.22. The van der Waals surface area contributed by atoms with Crippen LogP contribution in [0.15, 0.2) is 11.0 Å². The molecule has 0 saturated carbocycles. The Balaban J connectivity index is 2.60. The fourth-order valence-electron chi connectivity index (χ4n) is 1.18. The molecule has 1 unspecified atom stereocenters. The normalized spacial score (nSPS) is 13.9. The van der Waals surface area contributed by atoms with Gasteiger partial charge in [0.25, 0.3) is 0 Å². The van der Waals surface area contributed by atoms with Gasteiger partial charge in [-0.15, -0.1) is 11.3 Å². The summed E-state index contributed by atoms with van der Waals surface area (Å²) in [6, 6.07) is 1.37. The number of hydrogen-bond acceptors (Lipinski definition) is 3. The molecule has 0 fully saturated rings. The van der Waals surface area contributed by atoms with Crippen LogP contribution in [-0.4, -0.2) is 19.8 Å². The Hall–Kier alpha value is 0.670. The van der Waals surface area contributed by atoms with Gasteiger partial charge < -0.3 is 0 Å². The number of thiophene rings is 1. The van der Waals surface area contributed by atoms with E-state index < -0.39 is 10.0 Å². The molecule has 1 aromatic rings. The lowest BCUT2D eigenvalue weighted by atomic mass is 10.2. The van der Waals surface area contributed by atoms with Crippen molar-refractivity contribution >= 4 is 60.5 Å². The summed E-state index contributed by atoms with van der Waals surface area (Å²) in [6.07, 6.45) is 1.67. The first-order valence-corrected chi connectivity index (χ1v) is 8.88. The Labute approximate surface area is 124 Å². The molecule has 0 aromatic carbocycles. The molecule has 0 aliphatic rings. The van der Waals surface area contributed by atoms with E-state index in [1.54, 1.807) is 0 Å². The van der Waals surface area contributed by atoms with Gasteiger partial charge in [0.1, 0.15) is 9.23 Å². The molecule has 3 nitrogen and oxygen atoms in total. The molecule has 8 heteroatoms. The molecule has 0 amide bonds. The lowest BCUT2D eigenvalue weighted by Gasteiger charge is -2.06. The van der Waals surface area contributed by atoms with Crippen molar-refractivity contribution in [2.24, 2.45) is 0 Å². The van der Waals surface area contributed by atoms with Crippen molar-refractivity contribution in [2.75, 3.05) is 6.54 Å². The minimum absolute atomic E-state index is 0.0565. The van der Waals surface area contributed by atoms with E-state index in [-0.39, 0.29) is 9.23 Å². The zero-order valence-corrected chi connectivity index (χ0v) is 13.8. The fourth-order valence-corrected chi connectivity index (χ4v) is 4.72. The number of hydrogen-bond donors (Lipinski definition) is 1. The van der Waals surface area contributed by atoms with Gasteiger partial charge in [-0.05, 0) is 18.9 Å². The Morgan fingerprint density at radius 2 is 2.18 bits per heavy atom. The second-order valence-corrected chi connectivity index (χ2v) is 9.09. The third kappa shape index (κ3) is 5.04. The highest BCUT2D eigenvalue weighted by Crippen LogP contribution is 2.33. The predicted molar refractivity (Wildman–Crippen MR) is 77.2 cm³/mol. The highest BCUT2D eigenvalue weighted by molar-refractivity contribution is 9.09. The number of nitrogens with one attached hydrogen (secondary N) is 1. The van der Waals surface area contributed by atoms with Crippen molar-refractivity contribution in [1.29, 1.82) is 0 Å². The third-order valence-electron chi connectivity index (χ3n) is 1.99. The second-order valence-electron chi connectivity index (χ2n) is 3.51. The Morgan fingerprint density at radius 3 is 2.65 bits per heavy atom. The third-order valence-corrected chi connectivity index (χ3v) is 5.66. The molecule has 0 radical (unpaired) electrons. The van der Waals surface area contributed by atoms with E-state index in [4.69, 9.17) is 23.2 Å². The zero-order chi connectivity index (χ0) is 13.1. The van der Waals surface area contributed by atoms with Gasteiger partial charge in [-0.25, -0.2) is 13.1 Å². The van der Waals surface area contributed by atoms with E-state index in [9.17, 15) is 8.42 Å². The van der Waals surface area contributed by atoms with E-state index >= 15 is 0 Å². The summed E-state index contributed by atoms with van der Waals surface area (Å²) in [6.45, 7) is 2.41. The molecule has 0 aliphatic heterocycles. The van der Waals surface area contributed by atoms with Crippen LogP contribution in [0.4, 0.5) is 0 Å². The van der Waals surface area contributed by atoms with Gasteiger partial charge in [0.15, 0.2) is 0 Å². The van der Waals surface area contributed by atoms with Crippen LogP contribution in [0.2, 0.25) is 8.67 Å². The molecule has 17 heavy (non-hydrogen) atoms. The van der Waals surface area contributed by atoms with E-state index in [1.807, 2.05) is 6.92 Å². The standard InChI is InChI=1S/C9H12BrCl2NO2S2/c1-6(10)3-2-4-13-17(14,15)7-5-8(11)16-9(7)12/h5-6,13H,2-4H2,1H3. The van der Waals surface area contributed by atoms with Crippen LogP contribution in [0.1, 0.15) is 19.8 Å². The molecular formula is C9H12BrCl2NO2S2. The lowest BCUT2D eigenvalue weighted by Crippen LogP contribution is -2.24. The van der Waals surface area contributed by atoms with Crippen LogP contribution in [0.3, 0.4) is 0 Å². The van der Waals surface area contributed by atoms with Crippen LogP contribution >= 0.6 is 50.5 Å². The summed E-state index contributed by atoms with van der Waals surface area (Å²) in [4.78, 5) is 0.437. The van der Waals surface area contributed by atoms with Crippen molar-refractivity contribution < 1.29 is 8.42 Å². The topological polar surface area (TPSA) is 46.2 Å². The molecule has 0 aliphatic carbocycles. The van der Waals surface area contributed by atoms with Gasteiger partial charge in [0, 0.05) is 11.4 Å². The number of rotatable bonds is 6. The minimum atomic E-state index is -3.54. The number of alkyl halides is 1. The SMILES string of the molecule is CC(Br)CCCNS(=O)(=O)c1cc(Cl)sc1Cl. The van der Waals surface area contributed by atoms with Gasteiger partial charge in [0.05, 0.1) is 4.34 Å². The summed E-state index contributed by atoms with van der Waals surface area (Å²) in [5, 5.41) is 0. The minimum Gasteiger partial charge on any atom is -0.211 e. The maximum absolute atomic E-state index is 11.9. The van der Waals surface area contributed by atoms with Gasteiger partial charge in [-0.1, -0.05) is 46.1 Å². The number of sulfonamides is 1. The van der Waals surface area contributed by atoms with Gasteiger partial charge in [0.2, 0.25) is 10.0 Å². The van der Waals surface area contributed by atoms with E-state index in [0.29, 0.717) is 15.7 Å². The van der Waals surface area contributed by atoms with E-state index in [1.165, 1.54) is 6.07 Å². The van der Waals surface area contributed by atoms with Crippen molar-refractivity contribution in [3.05, 3.63) is 14.7 Å². The number of halogens is 3. The van der Waals surface area contributed by atoms with E-state index in [0.717, 1.165) is 24.2 Å². The van der Waals surface area contributed by atoms with Crippen molar-refractivity contribution in [3.63, 3.8) is 0 Å². The van der Waals surface area contributed by atoms with Gasteiger partial charge >= 0.3 is 0 Å². The van der Waals surface area contributed by atoms with Gasteiger partial charge in [-0.3, -0.25) is 0 Å². The molecule has 1 heterocycles. The first-order valence-electron chi connectivity index (χ1n) is 4.91. The van der Waals surface area contributed by atoms with Crippen molar-refractivity contribution in [3.8, 4) is 0 Å². The van der Waals surface area contributed by atoms with Crippen LogP contribution in [0.5, 0.6) is 0 Å². The van der Waals surface area contributed by atoms with Crippen LogP contribution < -0.4 is 4.72 Å². The van der Waals surface area contributed by atoms with Crippen LogP contribution in [0.25, 0.3) is 0 Å². The summed E-state index contributed by atoms with van der Waals surface area (Å²) in [7, 11) is -3.54. The summed E-state index contributed by atoms with van der Waals surface area (Å²) in [5.74, 6) is 0. The molecule has 0 spiro atoms. The quantitative estimate of drug-likeness (QED) is 0.600. The summed E-state index contributed by atoms with van der Waals surface area (Å²) < 4.78 is 26.8. The van der Waals surface area contributed by atoms with Crippen LogP contribution in [-0.2, 0) is 10.0 Å². The highest BCUT2D eigenvalue weighted by atomic mass is 79.9. The first-order chi connectivity index (χ1) is 7.83. The molecular weight excluding hydrogens is 369 g/mol. The molecule has 0 saturated heterocycles. The highest BCUT2D eigenvalue weighted by Gasteiger charge is 2.20. The van der Waals surface area contributed by atoms with Crippen molar-refractivity contribution in [1.82, 2.24) is 4.72 Å². The zero-order valence-electron chi connectivity index (χ0n) is 9.04. The molecule has 1 atom stereocenters. The maximum Gasteiger partial charge on any atom is 0.242 e. The van der Waals surface area contributed by atoms with Crippen molar-refractivity contribution in [2.45, 2.75) is 29.5 Å². The molecule has 1 aromatic heterocycles. The van der Waals surface area contributed by atoms with Crippen LogP contribution in [0, 0.1) is 0 Å². The van der Waals surface area contributed by atoms with E-state index in [2.05, 4.69) is 20.7 Å². The molecule has 1 N–H and O–H groups in total. The average Bonchev–Trinajstić information content (AvgIpc) is 2.53. The first kappa shape index (κ1) is 15.7. The lowest BCUT2D eigenvalue weighted by molar-refractivity contribution is 0.577. The Bertz CT molecular complexity index is 473. The average molecular weight is 381 g/mol. The second kappa shape index (κ2) is 6.73. The van der Waals surface area contributed by atoms with Gasteiger partial charge in [-0.2, -0.15) is 0 Å². The monoisotopic (exact) mass is 379 g/mol. The smallest absolute Gasteiger partial charge is 0.211 e. The summed E-state index contributed by atoms with van der Waals surface area (Å²) >= 11 is 16.0. The summed E-state index contributed by atoms with van der Waals surface area (Å²) in [5.41, 5.74) is 0. The Morgan fingerprint density at radius 1 is 1.53 bits per heavy atom. The predicted octanol–water partition coefficient (Wildman–Crippen LogP) is 3.90. The largest absolute Gasteiger partial charge is 0.242 e. The molecule has 98 valence electrons.